The van der Waals surface area contributed by atoms with Gasteiger partial charge in [0.1, 0.15) is 5.78 Å². The van der Waals surface area contributed by atoms with Crippen molar-refractivity contribution in [2.45, 2.75) is 44.4 Å². The Bertz CT molecular complexity index is 469. The minimum Gasteiger partial charge on any atom is -0.388 e. The van der Waals surface area contributed by atoms with E-state index in [2.05, 4.69) is 17.1 Å². The molecule has 0 radical (unpaired) electrons. The first-order chi connectivity index (χ1) is 9.58. The van der Waals surface area contributed by atoms with Gasteiger partial charge in [-0.15, -0.1) is 0 Å². The highest BCUT2D eigenvalue weighted by atomic mass is 16.3. The predicted molar refractivity (Wildman–Crippen MR) is 80.4 cm³/mol. The quantitative estimate of drug-likeness (QED) is 0.839. The Morgan fingerprint density at radius 3 is 2.75 bits per heavy atom. The third-order valence-electron chi connectivity index (χ3n) is 4.04. The molecular formula is C17H23NO2. The number of hydrogen-bond donors (Lipinski definition) is 1. The molecule has 1 aromatic rings. The van der Waals surface area contributed by atoms with Crippen LogP contribution in [-0.2, 0) is 4.79 Å². The Hall–Kier alpha value is -1.45. The lowest BCUT2D eigenvalue weighted by molar-refractivity contribution is -0.118. The van der Waals surface area contributed by atoms with Crippen LogP contribution in [0, 0.1) is 0 Å². The first kappa shape index (κ1) is 14.9. The fourth-order valence-electron chi connectivity index (χ4n) is 2.80. The second-order valence-electron chi connectivity index (χ2n) is 5.62. The van der Waals surface area contributed by atoms with Crippen LogP contribution in [0.2, 0.25) is 0 Å². The van der Waals surface area contributed by atoms with Crippen molar-refractivity contribution in [1.82, 2.24) is 4.90 Å². The molecule has 3 nitrogen and oxygen atoms in total. The highest BCUT2D eigenvalue weighted by molar-refractivity contribution is 5.76. The fraction of sp³-hybridized carbons (Fsp3) is 0.471. The van der Waals surface area contributed by atoms with E-state index in [4.69, 9.17) is 0 Å². The number of nitrogens with zero attached hydrogens (tertiary/aromatic N) is 1. The van der Waals surface area contributed by atoms with E-state index in [1.807, 2.05) is 37.4 Å². The molecule has 0 amide bonds. The minimum atomic E-state index is -0.451. The highest BCUT2D eigenvalue weighted by Crippen LogP contribution is 2.26. The molecule has 1 heterocycles. The zero-order valence-corrected chi connectivity index (χ0v) is 12.2. The molecule has 0 fully saturated rings. The molecule has 3 heteroatoms. The largest absolute Gasteiger partial charge is 0.388 e. The molecule has 3 unspecified atom stereocenters. The van der Waals surface area contributed by atoms with E-state index in [-0.39, 0.29) is 17.9 Å². The van der Waals surface area contributed by atoms with Crippen molar-refractivity contribution < 1.29 is 9.90 Å². The summed E-state index contributed by atoms with van der Waals surface area (Å²) in [6.45, 7) is 1.63. The number of aliphatic hydroxyl groups excluding tert-OH is 1. The Kier molecular flexibility index (Phi) is 5.10. The van der Waals surface area contributed by atoms with Crippen LogP contribution in [-0.4, -0.2) is 34.9 Å². The van der Waals surface area contributed by atoms with Gasteiger partial charge in [-0.05, 0) is 32.4 Å². The third kappa shape index (κ3) is 3.78. The number of likely N-dealkylation sites (N-methyl/N-ethyl adjacent to an activating group) is 1. The molecule has 0 saturated heterocycles. The summed E-state index contributed by atoms with van der Waals surface area (Å²) in [4.78, 5) is 13.5. The lowest BCUT2D eigenvalue weighted by atomic mass is 9.93. The molecule has 1 N–H and O–H groups in total. The molecule has 1 aliphatic rings. The van der Waals surface area contributed by atoms with Crippen LogP contribution in [0.5, 0.6) is 0 Å². The van der Waals surface area contributed by atoms with Crippen LogP contribution in [0.3, 0.4) is 0 Å². The minimum absolute atomic E-state index is 0.161. The zero-order chi connectivity index (χ0) is 14.5. The monoisotopic (exact) mass is 273 g/mol. The second kappa shape index (κ2) is 6.82. The summed E-state index contributed by atoms with van der Waals surface area (Å²) in [5, 5.41) is 10.3. The van der Waals surface area contributed by atoms with Gasteiger partial charge in [0.25, 0.3) is 0 Å². The van der Waals surface area contributed by atoms with Gasteiger partial charge in [0.05, 0.1) is 6.10 Å². The number of rotatable bonds is 5. The van der Waals surface area contributed by atoms with Gasteiger partial charge in [-0.2, -0.15) is 0 Å². The van der Waals surface area contributed by atoms with Gasteiger partial charge >= 0.3 is 0 Å². The summed E-state index contributed by atoms with van der Waals surface area (Å²) >= 11 is 0. The number of hydrogen-bond acceptors (Lipinski definition) is 3. The Balaban J connectivity index is 1.99. The number of ketones is 1. The molecule has 1 aliphatic heterocycles. The van der Waals surface area contributed by atoms with Gasteiger partial charge in [0.2, 0.25) is 0 Å². The Labute approximate surface area is 120 Å². The molecule has 20 heavy (non-hydrogen) atoms. The molecule has 0 aromatic heterocycles. The highest BCUT2D eigenvalue weighted by Gasteiger charge is 2.26. The Morgan fingerprint density at radius 2 is 2.10 bits per heavy atom. The molecule has 0 saturated carbocycles. The molecule has 1 aromatic carbocycles. The van der Waals surface area contributed by atoms with Crippen molar-refractivity contribution in [2.24, 2.45) is 0 Å². The van der Waals surface area contributed by atoms with E-state index < -0.39 is 6.10 Å². The van der Waals surface area contributed by atoms with Crippen molar-refractivity contribution >= 4 is 5.78 Å². The predicted octanol–water partition coefficient (Wildman–Crippen LogP) is 2.72. The third-order valence-corrected chi connectivity index (χ3v) is 4.04. The summed E-state index contributed by atoms with van der Waals surface area (Å²) in [6, 6.07) is 10.2. The number of aliphatic hydroxyl groups is 1. The van der Waals surface area contributed by atoms with E-state index in [1.54, 1.807) is 6.92 Å². The standard InChI is InChI=1S/C17H23NO2/c1-13(19)11-15-9-6-10-16(18(15)2)12-17(20)14-7-4-3-5-8-14/h3-9,15-17,20H,10-12H2,1-2H3. The van der Waals surface area contributed by atoms with E-state index in [0.717, 1.165) is 12.0 Å². The molecule has 0 spiro atoms. The van der Waals surface area contributed by atoms with Crippen LogP contribution in [0.1, 0.15) is 37.9 Å². The van der Waals surface area contributed by atoms with Gasteiger partial charge in [-0.1, -0.05) is 42.5 Å². The summed E-state index contributed by atoms with van der Waals surface area (Å²) in [5.41, 5.74) is 0.957. The van der Waals surface area contributed by atoms with Crippen molar-refractivity contribution in [2.75, 3.05) is 7.05 Å². The van der Waals surface area contributed by atoms with Gasteiger partial charge < -0.3 is 5.11 Å². The van der Waals surface area contributed by atoms with Gasteiger partial charge in [0.15, 0.2) is 0 Å². The molecule has 3 atom stereocenters. The summed E-state index contributed by atoms with van der Waals surface area (Å²) < 4.78 is 0. The van der Waals surface area contributed by atoms with Crippen molar-refractivity contribution in [3.63, 3.8) is 0 Å². The van der Waals surface area contributed by atoms with Crippen LogP contribution >= 0.6 is 0 Å². The average molecular weight is 273 g/mol. The lowest BCUT2D eigenvalue weighted by Gasteiger charge is -2.37. The van der Waals surface area contributed by atoms with Crippen LogP contribution < -0.4 is 0 Å². The molecule has 0 aliphatic carbocycles. The van der Waals surface area contributed by atoms with Crippen molar-refractivity contribution in [3.8, 4) is 0 Å². The van der Waals surface area contributed by atoms with E-state index in [0.29, 0.717) is 12.8 Å². The van der Waals surface area contributed by atoms with Crippen LogP contribution in [0.4, 0.5) is 0 Å². The van der Waals surface area contributed by atoms with Gasteiger partial charge in [-0.3, -0.25) is 9.69 Å². The Morgan fingerprint density at radius 1 is 1.40 bits per heavy atom. The normalized spacial score (nSPS) is 24.6. The molecule has 0 bridgehead atoms. The summed E-state index contributed by atoms with van der Waals surface area (Å²) in [5.74, 6) is 0.204. The molecule has 108 valence electrons. The maximum absolute atomic E-state index is 11.3. The average Bonchev–Trinajstić information content (AvgIpc) is 2.43. The van der Waals surface area contributed by atoms with E-state index >= 15 is 0 Å². The van der Waals surface area contributed by atoms with Gasteiger partial charge in [-0.25, -0.2) is 0 Å². The topological polar surface area (TPSA) is 40.5 Å². The molecule has 2 rings (SSSR count). The van der Waals surface area contributed by atoms with Crippen LogP contribution in [0.25, 0.3) is 0 Å². The zero-order valence-electron chi connectivity index (χ0n) is 12.2. The molecular weight excluding hydrogens is 250 g/mol. The summed E-state index contributed by atoms with van der Waals surface area (Å²) in [6.07, 6.45) is 5.95. The second-order valence-corrected chi connectivity index (χ2v) is 5.62. The van der Waals surface area contributed by atoms with Crippen molar-refractivity contribution in [3.05, 3.63) is 48.0 Å². The SMILES string of the molecule is CC(=O)CC1C=CCC(CC(O)c2ccccc2)N1C. The lowest BCUT2D eigenvalue weighted by Crippen LogP contribution is -2.43. The number of Topliss-reactive ketones (excluding diaryl/α,β-unsaturated/α-hetero) is 1. The van der Waals surface area contributed by atoms with Gasteiger partial charge in [0, 0.05) is 18.5 Å². The first-order valence-corrected chi connectivity index (χ1v) is 7.19. The van der Waals surface area contributed by atoms with E-state index in [9.17, 15) is 9.90 Å². The smallest absolute Gasteiger partial charge is 0.131 e. The maximum Gasteiger partial charge on any atom is 0.131 e. The fourth-order valence-corrected chi connectivity index (χ4v) is 2.80. The summed E-state index contributed by atoms with van der Waals surface area (Å²) in [7, 11) is 2.04. The van der Waals surface area contributed by atoms with Crippen molar-refractivity contribution in [1.29, 1.82) is 0 Å². The van der Waals surface area contributed by atoms with Crippen LogP contribution in [0.15, 0.2) is 42.5 Å². The number of benzene rings is 1. The first-order valence-electron chi connectivity index (χ1n) is 7.19. The number of carbonyl (C=O) groups excluding carboxylic acids is 1. The van der Waals surface area contributed by atoms with E-state index in [1.165, 1.54) is 0 Å². The maximum atomic E-state index is 11.3. The number of carbonyl (C=O) groups is 1.